The zero-order valence-corrected chi connectivity index (χ0v) is 16.0. The van der Waals surface area contributed by atoms with Crippen LogP contribution in [0.3, 0.4) is 0 Å². The number of phenols is 1. The van der Waals surface area contributed by atoms with Gasteiger partial charge < -0.3 is 9.84 Å². The molecule has 0 aliphatic carbocycles. The van der Waals surface area contributed by atoms with E-state index in [-0.39, 0.29) is 16.8 Å². The molecule has 1 aliphatic rings. The summed E-state index contributed by atoms with van der Waals surface area (Å²) < 4.78 is 8.09. The number of benzene rings is 2. The Labute approximate surface area is 147 Å². The van der Waals surface area contributed by atoms with Crippen molar-refractivity contribution >= 4 is 31.9 Å². The standard InChI is InChI=1S/C18H18Br2O2/c1-17(2)18(3,12-4-6-15(21)14(20)9-12)10-11-8-13(19)5-7-16(11)22-17/h4-9,21H,10H2,1-3H3. The molecular weight excluding hydrogens is 408 g/mol. The summed E-state index contributed by atoms with van der Waals surface area (Å²) in [4.78, 5) is 0. The lowest BCUT2D eigenvalue weighted by Gasteiger charge is -2.48. The molecule has 0 bridgehead atoms. The third-order valence-electron chi connectivity index (χ3n) is 4.85. The van der Waals surface area contributed by atoms with Gasteiger partial charge in [0.05, 0.1) is 4.47 Å². The highest BCUT2D eigenvalue weighted by Crippen LogP contribution is 2.48. The SMILES string of the molecule is CC1(C)Oc2ccc(Br)cc2CC1(C)c1ccc(O)c(Br)c1. The highest BCUT2D eigenvalue weighted by molar-refractivity contribution is 9.10. The molecule has 0 spiro atoms. The molecule has 1 atom stereocenters. The third kappa shape index (κ3) is 2.46. The minimum Gasteiger partial charge on any atom is -0.507 e. The number of halogens is 2. The second kappa shape index (κ2) is 5.27. The monoisotopic (exact) mass is 424 g/mol. The van der Waals surface area contributed by atoms with E-state index in [0.717, 1.165) is 22.2 Å². The molecule has 0 saturated carbocycles. The van der Waals surface area contributed by atoms with Crippen LogP contribution in [0.4, 0.5) is 0 Å². The van der Waals surface area contributed by atoms with Crippen LogP contribution in [0.1, 0.15) is 31.9 Å². The van der Waals surface area contributed by atoms with Crippen LogP contribution >= 0.6 is 31.9 Å². The van der Waals surface area contributed by atoms with Crippen LogP contribution < -0.4 is 4.74 Å². The highest BCUT2D eigenvalue weighted by atomic mass is 79.9. The molecule has 4 heteroatoms. The van der Waals surface area contributed by atoms with Gasteiger partial charge in [-0.1, -0.05) is 28.9 Å². The lowest BCUT2D eigenvalue weighted by molar-refractivity contribution is 0.00973. The number of ether oxygens (including phenoxy) is 1. The zero-order valence-electron chi connectivity index (χ0n) is 12.8. The Morgan fingerprint density at radius 2 is 1.77 bits per heavy atom. The van der Waals surface area contributed by atoms with Gasteiger partial charge in [0.1, 0.15) is 17.1 Å². The van der Waals surface area contributed by atoms with Crippen molar-refractivity contribution in [3.05, 3.63) is 56.5 Å². The maximum Gasteiger partial charge on any atom is 0.129 e. The summed E-state index contributed by atoms with van der Waals surface area (Å²) >= 11 is 6.96. The largest absolute Gasteiger partial charge is 0.507 e. The first kappa shape index (κ1) is 15.9. The Morgan fingerprint density at radius 1 is 1.05 bits per heavy atom. The van der Waals surface area contributed by atoms with Gasteiger partial charge in [0, 0.05) is 9.89 Å². The minimum atomic E-state index is -0.357. The van der Waals surface area contributed by atoms with E-state index in [1.54, 1.807) is 6.07 Å². The molecule has 2 aromatic carbocycles. The highest BCUT2D eigenvalue weighted by Gasteiger charge is 2.48. The van der Waals surface area contributed by atoms with Crippen LogP contribution in [-0.2, 0) is 11.8 Å². The zero-order chi connectivity index (χ0) is 16.1. The molecule has 3 rings (SSSR count). The lowest BCUT2D eigenvalue weighted by Crippen LogP contribution is -2.53. The fourth-order valence-electron chi connectivity index (χ4n) is 3.07. The maximum atomic E-state index is 9.77. The molecule has 1 N–H and O–H groups in total. The van der Waals surface area contributed by atoms with Gasteiger partial charge >= 0.3 is 0 Å². The van der Waals surface area contributed by atoms with E-state index in [9.17, 15) is 5.11 Å². The third-order valence-corrected chi connectivity index (χ3v) is 5.97. The van der Waals surface area contributed by atoms with Crippen LogP contribution in [0.15, 0.2) is 45.3 Å². The van der Waals surface area contributed by atoms with Crippen LogP contribution in [0, 0.1) is 0 Å². The molecule has 1 heterocycles. The van der Waals surface area contributed by atoms with Gasteiger partial charge in [0.2, 0.25) is 0 Å². The van der Waals surface area contributed by atoms with Gasteiger partial charge in [-0.15, -0.1) is 0 Å². The van der Waals surface area contributed by atoms with Gasteiger partial charge in [0.25, 0.3) is 0 Å². The van der Waals surface area contributed by atoms with Crippen molar-refractivity contribution < 1.29 is 9.84 Å². The molecule has 2 aromatic rings. The summed E-state index contributed by atoms with van der Waals surface area (Å²) in [5, 5.41) is 9.77. The van der Waals surface area contributed by atoms with Gasteiger partial charge in [-0.2, -0.15) is 0 Å². The molecule has 0 aromatic heterocycles. The van der Waals surface area contributed by atoms with Crippen molar-refractivity contribution in [2.45, 2.75) is 38.2 Å². The predicted octanol–water partition coefficient (Wildman–Crippen LogP) is 5.59. The smallest absolute Gasteiger partial charge is 0.129 e. The van der Waals surface area contributed by atoms with E-state index in [0.29, 0.717) is 4.47 Å². The summed E-state index contributed by atoms with van der Waals surface area (Å²) in [5.41, 5.74) is 1.79. The molecule has 1 aliphatic heterocycles. The Hall–Kier alpha value is -1.00. The fourth-order valence-corrected chi connectivity index (χ4v) is 3.85. The molecular formula is C18H18Br2O2. The van der Waals surface area contributed by atoms with Crippen molar-refractivity contribution in [2.24, 2.45) is 0 Å². The number of fused-ring (bicyclic) bond motifs is 1. The first-order valence-corrected chi connectivity index (χ1v) is 8.78. The normalized spacial score (nSPS) is 22.8. The topological polar surface area (TPSA) is 29.5 Å². The summed E-state index contributed by atoms with van der Waals surface area (Å²) in [6, 6.07) is 11.9. The van der Waals surface area contributed by atoms with E-state index in [1.165, 1.54) is 5.56 Å². The second-order valence-electron chi connectivity index (χ2n) is 6.54. The predicted molar refractivity (Wildman–Crippen MR) is 95.7 cm³/mol. The minimum absolute atomic E-state index is 0.197. The van der Waals surface area contributed by atoms with Crippen molar-refractivity contribution in [3.8, 4) is 11.5 Å². The molecule has 2 nitrogen and oxygen atoms in total. The summed E-state index contributed by atoms with van der Waals surface area (Å²) in [6.07, 6.45) is 0.881. The second-order valence-corrected chi connectivity index (χ2v) is 8.31. The number of hydrogen-bond donors (Lipinski definition) is 1. The molecule has 22 heavy (non-hydrogen) atoms. The Bertz CT molecular complexity index is 740. The Morgan fingerprint density at radius 3 is 2.45 bits per heavy atom. The lowest BCUT2D eigenvalue weighted by atomic mass is 9.65. The average Bonchev–Trinajstić information content (AvgIpc) is 2.43. The number of hydrogen-bond acceptors (Lipinski definition) is 2. The number of phenolic OH excluding ortho intramolecular Hbond substituents is 1. The van der Waals surface area contributed by atoms with Gasteiger partial charge in [-0.3, -0.25) is 0 Å². The van der Waals surface area contributed by atoms with Gasteiger partial charge in [0.15, 0.2) is 0 Å². The van der Waals surface area contributed by atoms with Crippen molar-refractivity contribution in [1.29, 1.82) is 0 Å². The van der Waals surface area contributed by atoms with Crippen molar-refractivity contribution in [2.75, 3.05) is 0 Å². The van der Waals surface area contributed by atoms with Crippen LogP contribution in [-0.4, -0.2) is 10.7 Å². The Balaban J connectivity index is 2.13. The summed E-state index contributed by atoms with van der Waals surface area (Å²) in [6.45, 7) is 6.47. The van der Waals surface area contributed by atoms with E-state index >= 15 is 0 Å². The molecule has 1 unspecified atom stereocenters. The van der Waals surface area contributed by atoms with E-state index in [1.807, 2.05) is 24.3 Å². The van der Waals surface area contributed by atoms with Crippen LogP contribution in [0.5, 0.6) is 11.5 Å². The van der Waals surface area contributed by atoms with Crippen molar-refractivity contribution in [1.82, 2.24) is 0 Å². The quantitative estimate of drug-likeness (QED) is 0.645. The van der Waals surface area contributed by atoms with Crippen LogP contribution in [0.2, 0.25) is 0 Å². The molecule has 0 saturated heterocycles. The Kier molecular flexibility index (Phi) is 3.81. The fraction of sp³-hybridized carbons (Fsp3) is 0.333. The van der Waals surface area contributed by atoms with E-state index in [2.05, 4.69) is 58.7 Å². The van der Waals surface area contributed by atoms with Crippen LogP contribution in [0.25, 0.3) is 0 Å². The van der Waals surface area contributed by atoms with Crippen molar-refractivity contribution in [3.63, 3.8) is 0 Å². The molecule has 0 radical (unpaired) electrons. The van der Waals surface area contributed by atoms with Gasteiger partial charge in [-0.05, 0) is 77.7 Å². The van der Waals surface area contributed by atoms with E-state index in [4.69, 9.17) is 4.74 Å². The van der Waals surface area contributed by atoms with E-state index < -0.39 is 0 Å². The number of rotatable bonds is 1. The number of aromatic hydroxyl groups is 1. The average molecular weight is 426 g/mol. The molecule has 116 valence electrons. The molecule has 0 fully saturated rings. The summed E-state index contributed by atoms with van der Waals surface area (Å²) in [5.74, 6) is 1.20. The summed E-state index contributed by atoms with van der Waals surface area (Å²) in [7, 11) is 0. The maximum absolute atomic E-state index is 9.77. The first-order chi connectivity index (χ1) is 10.2. The molecule has 0 amide bonds. The van der Waals surface area contributed by atoms with Gasteiger partial charge in [-0.25, -0.2) is 0 Å². The first-order valence-electron chi connectivity index (χ1n) is 7.19.